The molecule has 1 heterocycles. The Labute approximate surface area is 83.7 Å². The van der Waals surface area contributed by atoms with Gasteiger partial charge in [0.1, 0.15) is 0 Å². The van der Waals surface area contributed by atoms with Crippen molar-refractivity contribution in [2.75, 3.05) is 7.11 Å². The topological polar surface area (TPSA) is 75.2 Å². The van der Waals surface area contributed by atoms with Crippen LogP contribution in [0.25, 0.3) is 0 Å². The lowest BCUT2D eigenvalue weighted by Gasteiger charge is -1.98. The predicted octanol–water partition coefficient (Wildman–Crippen LogP) is -0.749. The van der Waals surface area contributed by atoms with Crippen LogP contribution in [0.2, 0.25) is 0 Å². The van der Waals surface area contributed by atoms with Crippen molar-refractivity contribution < 1.29 is 21.8 Å². The van der Waals surface area contributed by atoms with Gasteiger partial charge < -0.3 is 4.55 Å². The fraction of sp³-hybridized carbons (Fsp3) is 0.571. The standard InChI is InChI=1S/C6H11N2.CH4O4S/c1-6-4-7(2)8(3)5-6;1-5-6(2,3)4/h4-5H,1-3H3;1H3,(H,2,3,4)/q+1;/p-1. The Balaban J connectivity index is 0.000000255. The van der Waals surface area contributed by atoms with Gasteiger partial charge in [0.2, 0.25) is 10.4 Å². The molecule has 0 N–H and O–H groups in total. The van der Waals surface area contributed by atoms with Gasteiger partial charge in [-0.2, -0.15) is 4.68 Å². The van der Waals surface area contributed by atoms with Gasteiger partial charge in [0.25, 0.3) is 0 Å². The summed E-state index contributed by atoms with van der Waals surface area (Å²) in [6.07, 6.45) is 4.17. The highest BCUT2D eigenvalue weighted by Crippen LogP contribution is 1.86. The smallest absolute Gasteiger partial charge is 0.217 e. The molecule has 0 aliphatic rings. The quantitative estimate of drug-likeness (QED) is 0.356. The summed E-state index contributed by atoms with van der Waals surface area (Å²) in [6, 6.07) is 0. The molecular weight excluding hydrogens is 208 g/mol. The molecule has 14 heavy (non-hydrogen) atoms. The molecule has 0 amide bonds. The van der Waals surface area contributed by atoms with Gasteiger partial charge in [-0.15, -0.1) is 4.68 Å². The normalized spacial score (nSPS) is 10.6. The molecular formula is C7H14N2O4S. The van der Waals surface area contributed by atoms with E-state index < -0.39 is 10.4 Å². The fourth-order valence-corrected chi connectivity index (χ4v) is 0.805. The number of rotatable bonds is 1. The second-order valence-corrected chi connectivity index (χ2v) is 3.87. The first-order valence-electron chi connectivity index (χ1n) is 3.76. The van der Waals surface area contributed by atoms with Gasteiger partial charge in [-0.1, -0.05) is 0 Å². The zero-order chi connectivity index (χ0) is 11.4. The van der Waals surface area contributed by atoms with Gasteiger partial charge >= 0.3 is 0 Å². The SMILES string of the molecule is COS(=O)(=O)[O-].Cc1cn(C)[n+](C)c1. The molecule has 0 aromatic carbocycles. The minimum atomic E-state index is -4.41. The minimum absolute atomic E-state index is 0.808. The Morgan fingerprint density at radius 2 is 2.00 bits per heavy atom. The van der Waals surface area contributed by atoms with Gasteiger partial charge in [0.05, 0.1) is 20.4 Å². The molecule has 0 bridgehead atoms. The van der Waals surface area contributed by atoms with Crippen molar-refractivity contribution in [3.05, 3.63) is 18.0 Å². The summed E-state index contributed by atoms with van der Waals surface area (Å²) >= 11 is 0. The van der Waals surface area contributed by atoms with E-state index in [1.54, 1.807) is 0 Å². The van der Waals surface area contributed by atoms with Crippen LogP contribution in [-0.4, -0.2) is 24.8 Å². The highest BCUT2D eigenvalue weighted by molar-refractivity contribution is 7.80. The third-order valence-electron chi connectivity index (χ3n) is 1.48. The van der Waals surface area contributed by atoms with Crippen LogP contribution in [0.5, 0.6) is 0 Å². The number of aryl methyl sites for hydroxylation is 3. The van der Waals surface area contributed by atoms with Crippen LogP contribution in [0.15, 0.2) is 12.4 Å². The molecule has 0 radical (unpaired) electrons. The maximum absolute atomic E-state index is 9.22. The van der Waals surface area contributed by atoms with E-state index in [4.69, 9.17) is 0 Å². The summed E-state index contributed by atoms with van der Waals surface area (Å²) in [5.74, 6) is 0. The summed E-state index contributed by atoms with van der Waals surface area (Å²) in [4.78, 5) is 0. The van der Waals surface area contributed by atoms with E-state index in [0.717, 1.165) is 7.11 Å². The van der Waals surface area contributed by atoms with Crippen LogP contribution in [0, 0.1) is 6.92 Å². The number of hydrogen-bond acceptors (Lipinski definition) is 4. The Morgan fingerprint density at radius 1 is 1.57 bits per heavy atom. The molecule has 0 aliphatic heterocycles. The molecule has 0 aliphatic carbocycles. The van der Waals surface area contributed by atoms with Crippen LogP contribution < -0.4 is 4.68 Å². The van der Waals surface area contributed by atoms with Gasteiger partial charge in [-0.3, -0.25) is 4.18 Å². The average Bonchev–Trinajstić information content (AvgIpc) is 2.29. The predicted molar refractivity (Wildman–Crippen MR) is 48.0 cm³/mol. The van der Waals surface area contributed by atoms with E-state index in [1.807, 2.05) is 23.5 Å². The number of hydrogen-bond donors (Lipinski definition) is 0. The Hall–Kier alpha value is -0.920. The Morgan fingerprint density at radius 3 is 2.07 bits per heavy atom. The van der Waals surface area contributed by atoms with Gasteiger partial charge in [0, 0.05) is 5.56 Å². The summed E-state index contributed by atoms with van der Waals surface area (Å²) in [5.41, 5.74) is 1.30. The molecule has 82 valence electrons. The second kappa shape index (κ2) is 5.08. The lowest BCUT2D eigenvalue weighted by atomic mass is 10.4. The van der Waals surface area contributed by atoms with E-state index >= 15 is 0 Å². The van der Waals surface area contributed by atoms with Crippen molar-refractivity contribution in [2.45, 2.75) is 6.92 Å². The van der Waals surface area contributed by atoms with Crippen LogP contribution in [0.1, 0.15) is 5.56 Å². The van der Waals surface area contributed by atoms with Crippen LogP contribution in [0.4, 0.5) is 0 Å². The highest BCUT2D eigenvalue weighted by atomic mass is 32.3. The second-order valence-electron chi connectivity index (χ2n) is 2.72. The average molecular weight is 222 g/mol. The maximum Gasteiger partial charge on any atom is 0.217 e. The Bertz CT molecular complexity index is 363. The molecule has 1 aromatic heterocycles. The van der Waals surface area contributed by atoms with E-state index in [-0.39, 0.29) is 0 Å². The van der Waals surface area contributed by atoms with E-state index in [2.05, 4.69) is 23.5 Å². The molecule has 1 rings (SSSR count). The zero-order valence-electron chi connectivity index (χ0n) is 8.59. The van der Waals surface area contributed by atoms with Crippen LogP contribution >= 0.6 is 0 Å². The van der Waals surface area contributed by atoms with E-state index in [9.17, 15) is 13.0 Å². The summed E-state index contributed by atoms with van der Waals surface area (Å²) in [7, 11) is 0.438. The van der Waals surface area contributed by atoms with E-state index in [1.165, 1.54) is 5.56 Å². The summed E-state index contributed by atoms with van der Waals surface area (Å²) in [5, 5.41) is 0. The number of aromatic nitrogens is 2. The molecule has 0 spiro atoms. The third kappa shape index (κ3) is 5.68. The van der Waals surface area contributed by atoms with Crippen LogP contribution in [-0.2, 0) is 28.7 Å². The molecule has 0 saturated heterocycles. The zero-order valence-corrected chi connectivity index (χ0v) is 9.41. The van der Waals surface area contributed by atoms with Crippen molar-refractivity contribution in [1.82, 2.24) is 4.68 Å². The highest BCUT2D eigenvalue weighted by Gasteiger charge is 1.97. The largest absolute Gasteiger partial charge is 0.726 e. The molecule has 0 fully saturated rings. The third-order valence-corrected chi connectivity index (χ3v) is 1.89. The first-order valence-corrected chi connectivity index (χ1v) is 5.10. The molecule has 0 atom stereocenters. The van der Waals surface area contributed by atoms with Crippen molar-refractivity contribution in [1.29, 1.82) is 0 Å². The number of nitrogens with zero attached hydrogens (tertiary/aromatic N) is 2. The van der Waals surface area contributed by atoms with Gasteiger partial charge in [0.15, 0.2) is 13.2 Å². The van der Waals surface area contributed by atoms with Crippen molar-refractivity contribution in [2.24, 2.45) is 14.1 Å². The molecule has 6 nitrogen and oxygen atoms in total. The maximum atomic E-state index is 9.22. The molecule has 1 aromatic rings. The molecule has 0 unspecified atom stereocenters. The Kier molecular flexibility index (Phi) is 4.75. The van der Waals surface area contributed by atoms with Gasteiger partial charge in [-0.05, 0) is 6.92 Å². The summed E-state index contributed by atoms with van der Waals surface area (Å²) in [6.45, 7) is 2.08. The molecule has 7 heteroatoms. The monoisotopic (exact) mass is 222 g/mol. The first kappa shape index (κ1) is 13.1. The van der Waals surface area contributed by atoms with Crippen molar-refractivity contribution >= 4 is 10.4 Å². The van der Waals surface area contributed by atoms with E-state index in [0.29, 0.717) is 0 Å². The fourth-order valence-electron chi connectivity index (χ4n) is 0.805. The molecule has 0 saturated carbocycles. The van der Waals surface area contributed by atoms with Gasteiger partial charge in [-0.25, -0.2) is 8.42 Å². The lowest BCUT2D eigenvalue weighted by Crippen LogP contribution is -2.35. The summed E-state index contributed by atoms with van der Waals surface area (Å²) < 4.78 is 35.1. The first-order chi connectivity index (χ1) is 6.26. The van der Waals surface area contributed by atoms with Crippen molar-refractivity contribution in [3.63, 3.8) is 0 Å². The lowest BCUT2D eigenvalue weighted by molar-refractivity contribution is -0.751. The van der Waals surface area contributed by atoms with Crippen LogP contribution in [0.3, 0.4) is 0 Å². The minimum Gasteiger partial charge on any atom is -0.726 e. The van der Waals surface area contributed by atoms with Crippen molar-refractivity contribution in [3.8, 4) is 0 Å².